The van der Waals surface area contributed by atoms with E-state index in [2.05, 4.69) is 9.72 Å². The lowest BCUT2D eigenvalue weighted by molar-refractivity contribution is 0.0594. The first-order chi connectivity index (χ1) is 6.60. The molecule has 0 spiro atoms. The summed E-state index contributed by atoms with van der Waals surface area (Å²) in [6, 6.07) is 1.79. The monoisotopic (exact) mass is 196 g/mol. The molecule has 14 heavy (non-hydrogen) atoms. The molecule has 1 atom stereocenters. The molecule has 0 aromatic carbocycles. The lowest BCUT2D eigenvalue weighted by Gasteiger charge is -2.06. The molecule has 0 radical (unpaired) electrons. The van der Waals surface area contributed by atoms with Crippen molar-refractivity contribution in [3.63, 3.8) is 0 Å². The zero-order valence-corrected chi connectivity index (χ0v) is 8.76. The van der Waals surface area contributed by atoms with Crippen LogP contribution >= 0.6 is 0 Å². The highest BCUT2D eigenvalue weighted by Crippen LogP contribution is 2.18. The van der Waals surface area contributed by atoms with Crippen LogP contribution in [0.4, 0.5) is 0 Å². The molecule has 0 aliphatic heterocycles. The highest BCUT2D eigenvalue weighted by molar-refractivity contribution is 5.87. The van der Waals surface area contributed by atoms with E-state index in [0.717, 1.165) is 11.3 Å². The van der Waals surface area contributed by atoms with Gasteiger partial charge >= 0.3 is 5.97 Å². The summed E-state index contributed by atoms with van der Waals surface area (Å²) in [4.78, 5) is 14.2. The molecule has 4 heteroatoms. The first kappa shape index (κ1) is 10.8. The van der Waals surface area contributed by atoms with Gasteiger partial charge in [-0.3, -0.25) is 0 Å². The SMILES string of the molecule is COC(=O)c1cc(C)c(C(C)CN)[nH]1. The van der Waals surface area contributed by atoms with Gasteiger partial charge in [0.1, 0.15) is 5.69 Å². The van der Waals surface area contributed by atoms with Crippen molar-refractivity contribution in [1.82, 2.24) is 4.98 Å². The summed E-state index contributed by atoms with van der Waals surface area (Å²) in [5.41, 5.74) is 8.09. The van der Waals surface area contributed by atoms with Gasteiger partial charge in [0.05, 0.1) is 7.11 Å². The number of carbonyl (C=O) groups excluding carboxylic acids is 1. The van der Waals surface area contributed by atoms with Crippen molar-refractivity contribution in [2.45, 2.75) is 19.8 Å². The van der Waals surface area contributed by atoms with Crippen LogP contribution in [-0.2, 0) is 4.74 Å². The number of hydrogen-bond donors (Lipinski definition) is 2. The van der Waals surface area contributed by atoms with E-state index in [4.69, 9.17) is 5.73 Å². The first-order valence-corrected chi connectivity index (χ1v) is 4.58. The highest BCUT2D eigenvalue weighted by Gasteiger charge is 2.14. The average molecular weight is 196 g/mol. The van der Waals surface area contributed by atoms with E-state index in [0.29, 0.717) is 12.2 Å². The van der Waals surface area contributed by atoms with Crippen LogP contribution in [0.25, 0.3) is 0 Å². The Hall–Kier alpha value is -1.29. The summed E-state index contributed by atoms with van der Waals surface area (Å²) in [5, 5.41) is 0. The normalized spacial score (nSPS) is 12.6. The lowest BCUT2D eigenvalue weighted by Crippen LogP contribution is -2.10. The van der Waals surface area contributed by atoms with Crippen molar-refractivity contribution in [1.29, 1.82) is 0 Å². The van der Waals surface area contributed by atoms with Gasteiger partial charge in [-0.2, -0.15) is 0 Å². The Balaban J connectivity index is 2.98. The summed E-state index contributed by atoms with van der Waals surface area (Å²) < 4.78 is 4.62. The number of aromatic nitrogens is 1. The van der Waals surface area contributed by atoms with Gasteiger partial charge in [0, 0.05) is 18.2 Å². The van der Waals surface area contributed by atoms with Gasteiger partial charge in [-0.15, -0.1) is 0 Å². The maximum absolute atomic E-state index is 11.2. The number of hydrogen-bond acceptors (Lipinski definition) is 3. The zero-order chi connectivity index (χ0) is 10.7. The van der Waals surface area contributed by atoms with E-state index in [1.165, 1.54) is 7.11 Å². The van der Waals surface area contributed by atoms with E-state index < -0.39 is 0 Å². The Morgan fingerprint density at radius 2 is 2.36 bits per heavy atom. The van der Waals surface area contributed by atoms with Crippen LogP contribution in [0.5, 0.6) is 0 Å². The summed E-state index contributed by atoms with van der Waals surface area (Å²) in [6.07, 6.45) is 0. The predicted octanol–water partition coefficient (Wildman–Crippen LogP) is 1.17. The molecular formula is C10H16N2O2. The van der Waals surface area contributed by atoms with Crippen LogP contribution in [0.3, 0.4) is 0 Å². The molecule has 1 aromatic heterocycles. The van der Waals surface area contributed by atoms with E-state index in [1.807, 2.05) is 13.8 Å². The minimum absolute atomic E-state index is 0.230. The van der Waals surface area contributed by atoms with Crippen molar-refractivity contribution in [2.75, 3.05) is 13.7 Å². The Kier molecular flexibility index (Phi) is 3.30. The third-order valence-corrected chi connectivity index (χ3v) is 2.31. The van der Waals surface area contributed by atoms with Gasteiger partial charge in [0.15, 0.2) is 0 Å². The van der Waals surface area contributed by atoms with E-state index in [-0.39, 0.29) is 11.9 Å². The molecule has 78 valence electrons. The molecule has 4 nitrogen and oxygen atoms in total. The molecule has 0 aliphatic carbocycles. The third-order valence-electron chi connectivity index (χ3n) is 2.31. The number of nitrogens with two attached hydrogens (primary N) is 1. The molecule has 3 N–H and O–H groups in total. The van der Waals surface area contributed by atoms with Crippen LogP contribution in [0.1, 0.15) is 34.6 Å². The van der Waals surface area contributed by atoms with Crippen molar-refractivity contribution in [3.8, 4) is 0 Å². The first-order valence-electron chi connectivity index (χ1n) is 4.58. The van der Waals surface area contributed by atoms with Gasteiger partial charge in [-0.25, -0.2) is 4.79 Å². The minimum Gasteiger partial charge on any atom is -0.464 e. The number of rotatable bonds is 3. The topological polar surface area (TPSA) is 68.1 Å². The largest absolute Gasteiger partial charge is 0.464 e. The molecule has 0 amide bonds. The predicted molar refractivity (Wildman–Crippen MR) is 54.3 cm³/mol. The molecule has 1 rings (SSSR count). The molecular weight excluding hydrogens is 180 g/mol. The Morgan fingerprint density at radius 1 is 1.71 bits per heavy atom. The second kappa shape index (κ2) is 4.28. The lowest BCUT2D eigenvalue weighted by atomic mass is 10.1. The van der Waals surface area contributed by atoms with E-state index in [1.54, 1.807) is 6.07 Å². The smallest absolute Gasteiger partial charge is 0.354 e. The summed E-state index contributed by atoms with van der Waals surface area (Å²) >= 11 is 0. The second-order valence-electron chi connectivity index (χ2n) is 3.41. The molecule has 1 unspecified atom stereocenters. The van der Waals surface area contributed by atoms with Crippen molar-refractivity contribution in [2.24, 2.45) is 5.73 Å². The molecule has 0 saturated heterocycles. The number of carbonyl (C=O) groups is 1. The number of H-pyrrole nitrogens is 1. The van der Waals surface area contributed by atoms with E-state index in [9.17, 15) is 4.79 Å². The van der Waals surface area contributed by atoms with Gasteiger partial charge in [-0.1, -0.05) is 6.92 Å². The van der Waals surface area contributed by atoms with Crippen molar-refractivity contribution >= 4 is 5.97 Å². The van der Waals surface area contributed by atoms with Crippen LogP contribution in [0, 0.1) is 6.92 Å². The maximum atomic E-state index is 11.2. The summed E-state index contributed by atoms with van der Waals surface area (Å²) in [6.45, 7) is 4.52. The van der Waals surface area contributed by atoms with Gasteiger partial charge in [0.25, 0.3) is 0 Å². The van der Waals surface area contributed by atoms with Gasteiger partial charge in [-0.05, 0) is 18.6 Å². The fourth-order valence-corrected chi connectivity index (χ4v) is 1.42. The number of ether oxygens (including phenoxy) is 1. The summed E-state index contributed by atoms with van der Waals surface area (Å²) in [7, 11) is 1.37. The number of methoxy groups -OCH3 is 1. The standard InChI is InChI=1S/C10H16N2O2/c1-6-4-8(10(13)14-3)12-9(6)7(2)5-11/h4,7,12H,5,11H2,1-3H3. The number of aromatic amines is 1. The van der Waals surface area contributed by atoms with Crippen LogP contribution in [0.15, 0.2) is 6.07 Å². The van der Waals surface area contributed by atoms with Crippen molar-refractivity contribution < 1.29 is 9.53 Å². The van der Waals surface area contributed by atoms with Crippen LogP contribution in [-0.4, -0.2) is 24.6 Å². The third kappa shape index (κ3) is 1.96. The van der Waals surface area contributed by atoms with E-state index >= 15 is 0 Å². The molecule has 0 aliphatic rings. The highest BCUT2D eigenvalue weighted by atomic mass is 16.5. The van der Waals surface area contributed by atoms with Crippen molar-refractivity contribution in [3.05, 3.63) is 23.0 Å². The molecule has 0 bridgehead atoms. The quantitative estimate of drug-likeness (QED) is 0.713. The Bertz CT molecular complexity index is 331. The van der Waals surface area contributed by atoms with Gasteiger partial charge < -0.3 is 15.5 Å². The van der Waals surface area contributed by atoms with Gasteiger partial charge in [0.2, 0.25) is 0 Å². The summed E-state index contributed by atoms with van der Waals surface area (Å²) in [5.74, 6) is -0.114. The zero-order valence-electron chi connectivity index (χ0n) is 8.76. The van der Waals surface area contributed by atoms with Crippen LogP contribution < -0.4 is 5.73 Å². The molecule has 0 fully saturated rings. The Morgan fingerprint density at radius 3 is 2.86 bits per heavy atom. The number of esters is 1. The molecule has 0 saturated carbocycles. The minimum atomic E-state index is -0.344. The second-order valence-corrected chi connectivity index (χ2v) is 3.41. The molecule has 1 aromatic rings. The molecule has 1 heterocycles. The fraction of sp³-hybridized carbons (Fsp3) is 0.500. The van der Waals surface area contributed by atoms with Crippen LogP contribution in [0.2, 0.25) is 0 Å². The average Bonchev–Trinajstić information content (AvgIpc) is 2.58. The fourth-order valence-electron chi connectivity index (χ4n) is 1.42. The Labute approximate surface area is 83.4 Å². The maximum Gasteiger partial charge on any atom is 0.354 e. The number of aryl methyl sites for hydroxylation is 1. The number of nitrogens with one attached hydrogen (secondary N) is 1.